The number of likely N-dealkylation sites (N-methyl/N-ethyl adjacent to an activating group) is 1. The minimum Gasteiger partial charge on any atom is -0.395 e. The molecule has 24 heavy (non-hydrogen) atoms. The number of nitrogens with one attached hydrogen (secondary N) is 1. The van der Waals surface area contributed by atoms with Crippen LogP contribution >= 0.6 is 0 Å². The van der Waals surface area contributed by atoms with Gasteiger partial charge in [-0.25, -0.2) is 0 Å². The molecule has 0 amide bonds. The lowest BCUT2D eigenvalue weighted by molar-refractivity contribution is -0.207. The fourth-order valence-electron chi connectivity index (χ4n) is 2.35. The molecule has 0 aromatic rings. The summed E-state index contributed by atoms with van der Waals surface area (Å²) in [7, 11) is 3.85. The smallest absolute Gasteiger partial charge is 0.118 e. The first-order valence-electron chi connectivity index (χ1n) is 7.77. The molecule has 1 aliphatic rings. The predicted octanol–water partition coefficient (Wildman–Crippen LogP) is -4.95. The Bertz CT molecular complexity index is 332. The van der Waals surface area contributed by atoms with E-state index in [0.717, 1.165) is 6.54 Å². The topological polar surface area (TPSA) is 177 Å². The Balaban J connectivity index is 0.000000754. The van der Waals surface area contributed by atoms with Gasteiger partial charge in [0, 0.05) is 12.6 Å². The van der Waals surface area contributed by atoms with Crippen LogP contribution in [0, 0.1) is 0 Å². The summed E-state index contributed by atoms with van der Waals surface area (Å²) in [5.74, 6) is 0. The zero-order valence-electron chi connectivity index (χ0n) is 14.2. The molecule has 0 radical (unpaired) electrons. The van der Waals surface area contributed by atoms with E-state index < -0.39 is 55.8 Å². The van der Waals surface area contributed by atoms with Crippen LogP contribution in [0.25, 0.3) is 0 Å². The van der Waals surface area contributed by atoms with E-state index in [-0.39, 0.29) is 13.0 Å². The van der Waals surface area contributed by atoms with Crippen LogP contribution in [0.4, 0.5) is 0 Å². The molecule has 146 valence electrons. The van der Waals surface area contributed by atoms with Crippen LogP contribution in [0.2, 0.25) is 0 Å². The van der Waals surface area contributed by atoms with E-state index in [1.165, 1.54) is 0 Å². The molecular formula is C14H32N2O8. The zero-order valence-corrected chi connectivity index (χ0v) is 14.2. The van der Waals surface area contributed by atoms with Crippen molar-refractivity contribution in [3.05, 3.63) is 0 Å². The van der Waals surface area contributed by atoms with Crippen molar-refractivity contribution in [3.63, 3.8) is 0 Å². The number of aliphatic hydroxyl groups excluding tert-OH is 7. The molecule has 0 aromatic heterocycles. The highest BCUT2D eigenvalue weighted by Crippen LogP contribution is 2.29. The lowest BCUT2D eigenvalue weighted by Crippen LogP contribution is -2.68. The first kappa shape index (κ1) is 23.6. The van der Waals surface area contributed by atoms with Crippen molar-refractivity contribution >= 4 is 0 Å². The van der Waals surface area contributed by atoms with Crippen LogP contribution in [0.3, 0.4) is 0 Å². The molecule has 0 aromatic carbocycles. The molecule has 5 atom stereocenters. The summed E-state index contributed by atoms with van der Waals surface area (Å²) in [5.41, 5.74) is -1.94. The van der Waals surface area contributed by atoms with Crippen molar-refractivity contribution in [2.75, 3.05) is 47.1 Å². The molecule has 9 N–H and O–H groups in total. The van der Waals surface area contributed by atoms with E-state index in [1.54, 1.807) is 0 Å². The molecule has 0 bridgehead atoms. The molecular weight excluding hydrogens is 324 g/mol. The van der Waals surface area contributed by atoms with Gasteiger partial charge in [0.05, 0.1) is 38.6 Å². The summed E-state index contributed by atoms with van der Waals surface area (Å²) in [4.78, 5) is 1.93. The molecule has 0 spiro atoms. The van der Waals surface area contributed by atoms with Crippen molar-refractivity contribution in [1.82, 2.24) is 10.2 Å². The van der Waals surface area contributed by atoms with E-state index in [2.05, 4.69) is 5.32 Å². The fourth-order valence-corrected chi connectivity index (χ4v) is 2.35. The quantitative estimate of drug-likeness (QED) is 0.215. The Morgan fingerprint density at radius 1 is 1.04 bits per heavy atom. The van der Waals surface area contributed by atoms with Crippen LogP contribution in [-0.2, 0) is 0 Å². The lowest BCUT2D eigenvalue weighted by Gasteiger charge is -2.46. The average Bonchev–Trinajstić information content (AvgIpc) is 2.55. The third-order valence-corrected chi connectivity index (χ3v) is 3.92. The van der Waals surface area contributed by atoms with Crippen molar-refractivity contribution in [2.24, 2.45) is 0 Å². The highest BCUT2D eigenvalue weighted by molar-refractivity contribution is 5.05. The molecule has 0 saturated heterocycles. The first-order valence-corrected chi connectivity index (χ1v) is 7.77. The molecule has 1 saturated carbocycles. The molecule has 1 rings (SSSR count). The maximum atomic E-state index is 9.93. The van der Waals surface area contributed by atoms with Gasteiger partial charge in [-0.1, -0.05) is 0 Å². The Hall–Kier alpha value is -0.400. The van der Waals surface area contributed by atoms with Gasteiger partial charge in [0.2, 0.25) is 0 Å². The number of hydrogen-bond donors (Lipinski definition) is 9. The highest BCUT2D eigenvalue weighted by atomic mass is 16.4. The lowest BCUT2D eigenvalue weighted by atomic mass is 9.76. The van der Waals surface area contributed by atoms with Crippen LogP contribution < -0.4 is 5.32 Å². The van der Waals surface area contributed by atoms with E-state index in [0.29, 0.717) is 0 Å². The Labute approximate surface area is 141 Å². The second kappa shape index (κ2) is 11.3. The summed E-state index contributed by atoms with van der Waals surface area (Å²) in [6.45, 7) is -0.544. The van der Waals surface area contributed by atoms with Crippen LogP contribution in [0.1, 0.15) is 6.42 Å². The Morgan fingerprint density at radius 2 is 1.58 bits per heavy atom. The van der Waals surface area contributed by atoms with Gasteiger partial charge in [-0.05, 0) is 20.5 Å². The van der Waals surface area contributed by atoms with E-state index in [9.17, 15) is 20.4 Å². The van der Waals surface area contributed by atoms with E-state index in [1.807, 2.05) is 19.0 Å². The molecule has 1 fully saturated rings. The van der Waals surface area contributed by atoms with Crippen molar-refractivity contribution in [2.45, 2.75) is 42.4 Å². The predicted molar refractivity (Wildman–Crippen MR) is 85.2 cm³/mol. The van der Waals surface area contributed by atoms with Gasteiger partial charge in [-0.15, -0.1) is 0 Å². The standard InChI is InChI=1S/C10H21NO7.C4H11NO/c12-2-5(3-13)11-6-1-10(18,4-14)9(17)8(16)7(6)15;1-5(2)3-4-6/h5-9,11-18H,1-4H2;6H,3-4H2,1-2H3/t6-,7-,8+,9-,10-;/m0./s1. The van der Waals surface area contributed by atoms with Gasteiger partial charge in [-0.3, -0.25) is 0 Å². The number of nitrogens with zero attached hydrogens (tertiary/aromatic N) is 1. The van der Waals surface area contributed by atoms with Crippen LogP contribution in [-0.4, -0.2) is 129 Å². The zero-order chi connectivity index (χ0) is 18.9. The summed E-state index contributed by atoms with van der Waals surface area (Å²) in [5, 5.41) is 76.6. The van der Waals surface area contributed by atoms with Gasteiger partial charge in [0.1, 0.15) is 17.8 Å². The Morgan fingerprint density at radius 3 is 1.92 bits per heavy atom. The molecule has 1 aliphatic carbocycles. The van der Waals surface area contributed by atoms with Crippen molar-refractivity contribution in [1.29, 1.82) is 0 Å². The minimum atomic E-state index is -1.94. The summed E-state index contributed by atoms with van der Waals surface area (Å²) in [6, 6.07) is -1.60. The minimum absolute atomic E-state index is 0.223. The van der Waals surface area contributed by atoms with Gasteiger partial charge in [0.25, 0.3) is 0 Å². The summed E-state index contributed by atoms with van der Waals surface area (Å²) < 4.78 is 0. The van der Waals surface area contributed by atoms with E-state index >= 15 is 0 Å². The van der Waals surface area contributed by atoms with Gasteiger partial charge in [-0.2, -0.15) is 0 Å². The first-order chi connectivity index (χ1) is 11.2. The normalized spacial score (nSPS) is 33.5. The SMILES string of the molecule is CN(C)CCO.OCC(CO)N[C@H]1C[C@](O)(CO)[C@@H](O)[C@H](O)[C@H]1O. The van der Waals surface area contributed by atoms with Gasteiger partial charge < -0.3 is 51.1 Å². The fraction of sp³-hybridized carbons (Fsp3) is 1.00. The second-order valence-electron chi connectivity index (χ2n) is 6.25. The van der Waals surface area contributed by atoms with Crippen LogP contribution in [0.15, 0.2) is 0 Å². The van der Waals surface area contributed by atoms with Crippen LogP contribution in [0.5, 0.6) is 0 Å². The maximum absolute atomic E-state index is 9.93. The summed E-state index contributed by atoms with van der Waals surface area (Å²) >= 11 is 0. The van der Waals surface area contributed by atoms with Gasteiger partial charge >= 0.3 is 0 Å². The maximum Gasteiger partial charge on any atom is 0.118 e. The highest BCUT2D eigenvalue weighted by Gasteiger charge is 2.51. The monoisotopic (exact) mass is 356 g/mol. The Kier molecular flexibility index (Phi) is 11.1. The largest absolute Gasteiger partial charge is 0.395 e. The molecule has 10 heteroatoms. The molecule has 0 aliphatic heterocycles. The van der Waals surface area contributed by atoms with Crippen molar-refractivity contribution in [3.8, 4) is 0 Å². The summed E-state index contributed by atoms with van der Waals surface area (Å²) in [6.07, 6.45) is -4.91. The molecule has 0 unspecified atom stereocenters. The molecule has 10 nitrogen and oxygen atoms in total. The van der Waals surface area contributed by atoms with Crippen molar-refractivity contribution < 1.29 is 40.9 Å². The number of hydrogen-bond acceptors (Lipinski definition) is 10. The second-order valence-corrected chi connectivity index (χ2v) is 6.25. The third-order valence-electron chi connectivity index (χ3n) is 3.92. The molecule has 0 heterocycles. The third kappa shape index (κ3) is 6.84. The number of rotatable bonds is 7. The van der Waals surface area contributed by atoms with E-state index in [4.69, 9.17) is 20.4 Å². The average molecular weight is 356 g/mol. The van der Waals surface area contributed by atoms with Gasteiger partial charge in [0.15, 0.2) is 0 Å². The number of aliphatic hydroxyl groups is 8.